The Morgan fingerprint density at radius 1 is 0.396 bits per heavy atom. The van der Waals surface area contributed by atoms with E-state index in [4.69, 9.17) is 47.4 Å². The maximum absolute atomic E-state index is 12.2. The van der Waals surface area contributed by atoms with Crippen molar-refractivity contribution in [2.75, 3.05) is 13.2 Å². The number of carbonyl (C=O) groups excluding carboxylic acids is 8. The fourth-order valence-corrected chi connectivity index (χ4v) is 13.0. The summed E-state index contributed by atoms with van der Waals surface area (Å²) in [4.78, 5) is 96.2. The van der Waals surface area contributed by atoms with Crippen molar-refractivity contribution in [1.82, 2.24) is 0 Å². The molecule has 20 heteroatoms. The van der Waals surface area contributed by atoms with Crippen LogP contribution in [0, 0.1) is 0 Å². The van der Waals surface area contributed by atoms with Crippen LogP contribution in [-0.4, -0.2) is 146 Å². The second-order valence-electron chi connectivity index (χ2n) is 10.3. The van der Waals surface area contributed by atoms with E-state index in [-0.39, 0.29) is 0 Å². The van der Waals surface area contributed by atoms with Crippen LogP contribution in [0.25, 0.3) is 0 Å². The Morgan fingerprint density at radius 2 is 0.646 bits per heavy atom. The maximum atomic E-state index is 12.2. The van der Waals surface area contributed by atoms with E-state index in [1.807, 2.05) is 0 Å². The van der Waals surface area contributed by atoms with Gasteiger partial charge in [-0.05, 0) is 0 Å². The third-order valence-corrected chi connectivity index (χ3v) is 14.1. The molecular weight excluding hydrogens is 782 g/mol. The Bertz CT molecular complexity index is 1130. The summed E-state index contributed by atoms with van der Waals surface area (Å²) in [5.74, 6) is -6.15. The molecule has 2 aliphatic heterocycles. The van der Waals surface area contributed by atoms with E-state index in [1.165, 1.54) is 0 Å². The normalized spacial score (nSPS) is 29.7. The van der Waals surface area contributed by atoms with Gasteiger partial charge in [0.25, 0.3) is 0 Å². The van der Waals surface area contributed by atoms with E-state index in [0.717, 1.165) is 55.4 Å². The average molecular weight is 821 g/mol. The first-order valence-corrected chi connectivity index (χ1v) is 20.6. The summed E-state index contributed by atoms with van der Waals surface area (Å²) in [6, 6.07) is 0. The van der Waals surface area contributed by atoms with Gasteiger partial charge >= 0.3 is 287 Å². The Kier molecular flexibility index (Phi) is 16.2. The van der Waals surface area contributed by atoms with Gasteiger partial charge < -0.3 is 0 Å². The summed E-state index contributed by atoms with van der Waals surface area (Å²) in [5.41, 5.74) is 0. The summed E-state index contributed by atoms with van der Waals surface area (Å²) in [5, 5.41) is -2.13. The van der Waals surface area contributed by atoms with E-state index < -0.39 is 146 Å². The van der Waals surface area contributed by atoms with Gasteiger partial charge in [-0.15, -0.1) is 0 Å². The predicted octanol–water partition coefficient (Wildman–Crippen LogP) is -1.52. The first-order valence-electron chi connectivity index (χ1n) is 14.3. The number of esters is 8. The third-order valence-electron chi connectivity index (χ3n) is 6.14. The van der Waals surface area contributed by atoms with Crippen LogP contribution in [0.2, 0.25) is 0 Å². The minimum atomic E-state index is -1.40. The van der Waals surface area contributed by atoms with Crippen molar-refractivity contribution in [1.29, 1.82) is 0 Å². The molecule has 2 saturated heterocycles. The van der Waals surface area contributed by atoms with E-state index in [1.54, 1.807) is 0 Å². The first-order chi connectivity index (χ1) is 22.4. The molecule has 270 valence electrons. The van der Waals surface area contributed by atoms with Gasteiger partial charge in [0.15, 0.2) is 0 Å². The average Bonchev–Trinajstić information content (AvgIpc) is 2.93. The van der Waals surface area contributed by atoms with E-state index in [9.17, 15) is 38.4 Å². The quantitative estimate of drug-likeness (QED) is 0.117. The van der Waals surface area contributed by atoms with Crippen molar-refractivity contribution in [3.8, 4) is 0 Å². The second-order valence-corrected chi connectivity index (χ2v) is 17.3. The van der Waals surface area contributed by atoms with Gasteiger partial charge in [0.1, 0.15) is 0 Å². The van der Waals surface area contributed by atoms with E-state index in [0.29, 0.717) is 0 Å². The zero-order valence-electron chi connectivity index (χ0n) is 27.4. The van der Waals surface area contributed by atoms with Crippen LogP contribution in [0.3, 0.4) is 0 Å². The molecule has 0 aromatic carbocycles. The van der Waals surface area contributed by atoms with E-state index >= 15 is 0 Å². The zero-order valence-corrected chi connectivity index (χ0v) is 30.8. The van der Waals surface area contributed by atoms with Crippen LogP contribution in [0.5, 0.6) is 0 Å². The van der Waals surface area contributed by atoms with Gasteiger partial charge in [-0.2, -0.15) is 0 Å². The Hall–Kier alpha value is -3.28. The molecule has 2 aliphatic rings. The molecule has 2 fully saturated rings. The van der Waals surface area contributed by atoms with Crippen LogP contribution in [0.15, 0.2) is 0 Å². The molecule has 18 nitrogen and oxygen atoms in total. The van der Waals surface area contributed by atoms with Crippen molar-refractivity contribution >= 4 is 74.0 Å². The monoisotopic (exact) mass is 822 g/mol. The van der Waals surface area contributed by atoms with Crippen molar-refractivity contribution in [3.63, 3.8) is 0 Å². The molecule has 2 rings (SSSR count). The van der Waals surface area contributed by atoms with Crippen molar-refractivity contribution in [2.45, 2.75) is 114 Å². The summed E-state index contributed by atoms with van der Waals surface area (Å²) in [6.07, 6.45) is -10.6. The molecule has 0 unspecified atom stereocenters. The first kappa shape index (κ1) is 40.9. The zero-order chi connectivity index (χ0) is 36.3. The summed E-state index contributed by atoms with van der Waals surface area (Å²) in [7, 11) is 0. The van der Waals surface area contributed by atoms with Gasteiger partial charge in [0, 0.05) is 0 Å². The van der Waals surface area contributed by atoms with Gasteiger partial charge in [-0.1, -0.05) is 0 Å². The molecular formula is C28H38O18Se2. The van der Waals surface area contributed by atoms with Crippen molar-refractivity contribution < 1.29 is 85.7 Å². The number of ether oxygens (including phenoxy) is 10. The topological polar surface area (TPSA) is 229 Å². The number of carbonyl (C=O) groups is 8. The molecule has 0 bridgehead atoms. The van der Waals surface area contributed by atoms with Crippen LogP contribution in [-0.2, 0) is 85.7 Å². The fraction of sp³-hybridized carbons (Fsp3) is 0.714. The van der Waals surface area contributed by atoms with Crippen molar-refractivity contribution in [3.05, 3.63) is 0 Å². The minimum absolute atomic E-state index is 0.434. The summed E-state index contributed by atoms with van der Waals surface area (Å²) >= 11 is -1.63. The molecule has 0 radical (unpaired) electrons. The van der Waals surface area contributed by atoms with Crippen LogP contribution in [0.1, 0.15) is 55.4 Å². The second kappa shape index (κ2) is 19.0. The summed E-state index contributed by atoms with van der Waals surface area (Å²) < 4.78 is 55.4. The molecule has 0 saturated carbocycles. The third kappa shape index (κ3) is 13.0. The van der Waals surface area contributed by atoms with Crippen LogP contribution in [0.4, 0.5) is 0 Å². The van der Waals surface area contributed by atoms with Crippen molar-refractivity contribution in [2.24, 2.45) is 0 Å². The molecule has 10 atom stereocenters. The molecule has 0 N–H and O–H groups in total. The van der Waals surface area contributed by atoms with Crippen LogP contribution < -0.4 is 0 Å². The Morgan fingerprint density at radius 3 is 0.896 bits per heavy atom. The summed E-state index contributed by atoms with van der Waals surface area (Å²) in [6.45, 7) is 8.00. The van der Waals surface area contributed by atoms with Gasteiger partial charge in [0.2, 0.25) is 0 Å². The molecule has 0 amide bonds. The SMILES string of the molecule is CC(=O)OC[C@H]1O[C@@H]([Se][Se][C@@H]2O[C@H](COC(C)=O)[C@@H](OC(C)=O)[C@H](OC(C)=O)[C@H]2OC(C)=O)[C@H](OC(C)=O)[C@@H](OC(C)=O)[C@@H]1OC(C)=O. The molecule has 0 aliphatic carbocycles. The standard InChI is InChI=1S/C28H38O18Se2/c1-11(29)37-9-19-21(39-13(3)31)23(41-15(5)33)25(43-17(7)35)27(45-19)47-48-28-26(44-18(8)36)24(42-16(6)34)22(40-14(4)32)20(46-28)10-38-12(2)30/h19-28H,9-10H2,1-8H3/t19-,20-,21-,22-,23+,24+,25-,26-,27+,28+/m1/s1. The van der Waals surface area contributed by atoms with E-state index in [2.05, 4.69) is 0 Å². The Labute approximate surface area is 286 Å². The number of hydrogen-bond acceptors (Lipinski definition) is 18. The molecule has 0 aromatic heterocycles. The number of rotatable bonds is 13. The predicted molar refractivity (Wildman–Crippen MR) is 155 cm³/mol. The number of hydrogen-bond donors (Lipinski definition) is 0. The Balaban J connectivity index is 2.57. The van der Waals surface area contributed by atoms with Gasteiger partial charge in [-0.3, -0.25) is 0 Å². The van der Waals surface area contributed by atoms with Gasteiger partial charge in [-0.25, -0.2) is 0 Å². The molecule has 2 heterocycles. The molecule has 0 aromatic rings. The van der Waals surface area contributed by atoms with Gasteiger partial charge in [0.05, 0.1) is 0 Å². The van der Waals surface area contributed by atoms with Crippen LogP contribution >= 0.6 is 0 Å². The molecule has 0 spiro atoms. The molecule has 48 heavy (non-hydrogen) atoms. The fourth-order valence-electron chi connectivity index (χ4n) is 4.64.